The monoisotopic (exact) mass is 487 g/mol. The van der Waals surface area contributed by atoms with E-state index in [2.05, 4.69) is 52.4 Å². The molecular formula is C26H31BrClNO. The van der Waals surface area contributed by atoms with Gasteiger partial charge < -0.3 is 10.1 Å². The lowest BCUT2D eigenvalue weighted by molar-refractivity contribution is -0.0706. The Balaban J connectivity index is 1.26. The highest BCUT2D eigenvalue weighted by Gasteiger charge is 2.52. The van der Waals surface area contributed by atoms with Crippen LogP contribution >= 0.6 is 27.5 Å². The van der Waals surface area contributed by atoms with Crippen LogP contribution in [0.5, 0.6) is 5.75 Å². The van der Waals surface area contributed by atoms with Crippen LogP contribution in [0, 0.1) is 23.2 Å². The second-order valence-electron chi connectivity index (χ2n) is 10.1. The van der Waals surface area contributed by atoms with Gasteiger partial charge >= 0.3 is 0 Å². The zero-order valence-corrected chi connectivity index (χ0v) is 20.0. The molecule has 0 amide bonds. The van der Waals surface area contributed by atoms with Crippen molar-refractivity contribution < 1.29 is 4.74 Å². The highest BCUT2D eigenvalue weighted by atomic mass is 79.9. The molecule has 2 nitrogen and oxygen atoms in total. The number of benzene rings is 2. The third-order valence-corrected chi connectivity index (χ3v) is 8.64. The van der Waals surface area contributed by atoms with Gasteiger partial charge in [-0.05, 0) is 105 Å². The van der Waals surface area contributed by atoms with E-state index >= 15 is 0 Å². The number of ether oxygens (including phenoxy) is 1. The SMILES string of the molecule is CC(NCc1cc(Br)ccc1OCc1cccc(Cl)c1)C12CC3CC(CC(C3)C1)C2. The van der Waals surface area contributed by atoms with Crippen molar-refractivity contribution >= 4 is 27.5 Å². The quantitative estimate of drug-likeness (QED) is 0.439. The lowest BCUT2D eigenvalue weighted by atomic mass is 9.48. The maximum atomic E-state index is 6.20. The molecule has 4 aliphatic carbocycles. The molecular weight excluding hydrogens is 458 g/mol. The minimum absolute atomic E-state index is 0.516. The zero-order valence-electron chi connectivity index (χ0n) is 17.7. The van der Waals surface area contributed by atoms with E-state index < -0.39 is 0 Å². The summed E-state index contributed by atoms with van der Waals surface area (Å²) in [4.78, 5) is 0. The van der Waals surface area contributed by atoms with Gasteiger partial charge in [0.25, 0.3) is 0 Å². The molecule has 0 aromatic heterocycles. The summed E-state index contributed by atoms with van der Waals surface area (Å²) in [6.07, 6.45) is 8.80. The molecule has 1 atom stereocenters. The molecule has 0 radical (unpaired) electrons. The Kier molecular flexibility index (Phi) is 5.90. The van der Waals surface area contributed by atoms with E-state index in [1.54, 1.807) is 0 Å². The van der Waals surface area contributed by atoms with Crippen molar-refractivity contribution in [1.29, 1.82) is 0 Å². The van der Waals surface area contributed by atoms with Gasteiger partial charge in [0.15, 0.2) is 0 Å². The maximum absolute atomic E-state index is 6.20. The van der Waals surface area contributed by atoms with Crippen molar-refractivity contribution in [3.63, 3.8) is 0 Å². The van der Waals surface area contributed by atoms with E-state index in [-0.39, 0.29) is 0 Å². The molecule has 0 heterocycles. The minimum atomic E-state index is 0.516. The predicted molar refractivity (Wildman–Crippen MR) is 127 cm³/mol. The van der Waals surface area contributed by atoms with Crippen LogP contribution in [0.3, 0.4) is 0 Å². The Morgan fingerprint density at radius 1 is 1.07 bits per heavy atom. The topological polar surface area (TPSA) is 21.3 Å². The van der Waals surface area contributed by atoms with Gasteiger partial charge in [-0.25, -0.2) is 0 Å². The lowest BCUT2D eigenvalue weighted by Crippen LogP contribution is -2.54. The highest BCUT2D eigenvalue weighted by Crippen LogP contribution is 2.61. The first-order valence-corrected chi connectivity index (χ1v) is 12.6. The number of rotatable bonds is 7. The van der Waals surface area contributed by atoms with Crippen LogP contribution in [-0.2, 0) is 13.2 Å². The van der Waals surface area contributed by atoms with Crippen molar-refractivity contribution in [2.24, 2.45) is 23.2 Å². The Hall–Kier alpha value is -1.03. The smallest absolute Gasteiger partial charge is 0.124 e. The fourth-order valence-electron chi connectivity index (χ4n) is 6.80. The van der Waals surface area contributed by atoms with Gasteiger partial charge in [0.1, 0.15) is 12.4 Å². The molecule has 1 N–H and O–H groups in total. The van der Waals surface area contributed by atoms with E-state index in [1.807, 2.05) is 18.2 Å². The molecule has 4 aliphatic rings. The Bertz CT molecular complexity index is 878. The molecule has 0 aliphatic heterocycles. The summed E-state index contributed by atoms with van der Waals surface area (Å²) in [5.74, 6) is 3.91. The first-order valence-electron chi connectivity index (χ1n) is 11.4. The number of halogens is 2. The van der Waals surface area contributed by atoms with Gasteiger partial charge in [-0.1, -0.05) is 39.7 Å². The van der Waals surface area contributed by atoms with Crippen LogP contribution in [0.25, 0.3) is 0 Å². The standard InChI is InChI=1S/C26H31BrClNO/c1-17(26-12-19-7-20(13-26)9-21(8-19)14-26)29-15-22-11-23(27)5-6-25(22)30-16-18-3-2-4-24(28)10-18/h2-6,10-11,17,19-21,29H,7-9,12-16H2,1H3. The number of hydrogen-bond acceptors (Lipinski definition) is 2. The van der Waals surface area contributed by atoms with E-state index in [9.17, 15) is 0 Å². The summed E-state index contributed by atoms with van der Waals surface area (Å²) < 4.78 is 7.29. The number of hydrogen-bond donors (Lipinski definition) is 1. The zero-order chi connectivity index (χ0) is 20.7. The van der Waals surface area contributed by atoms with E-state index in [0.717, 1.165) is 45.1 Å². The normalized spacial score (nSPS) is 30.4. The average Bonchev–Trinajstić information content (AvgIpc) is 2.70. The van der Waals surface area contributed by atoms with Crippen LogP contribution in [-0.4, -0.2) is 6.04 Å². The van der Waals surface area contributed by atoms with Crippen molar-refractivity contribution in [3.8, 4) is 5.75 Å². The van der Waals surface area contributed by atoms with Crippen molar-refractivity contribution in [1.82, 2.24) is 5.32 Å². The van der Waals surface area contributed by atoms with Gasteiger partial charge in [-0.15, -0.1) is 0 Å². The molecule has 2 aromatic carbocycles. The minimum Gasteiger partial charge on any atom is -0.489 e. The highest BCUT2D eigenvalue weighted by molar-refractivity contribution is 9.10. The third kappa shape index (κ3) is 4.31. The second-order valence-corrected chi connectivity index (χ2v) is 11.4. The van der Waals surface area contributed by atoms with E-state index in [1.165, 1.54) is 44.1 Å². The van der Waals surface area contributed by atoms with E-state index in [0.29, 0.717) is 18.1 Å². The average molecular weight is 489 g/mol. The van der Waals surface area contributed by atoms with Crippen LogP contribution in [0.1, 0.15) is 56.6 Å². The third-order valence-electron chi connectivity index (χ3n) is 7.91. The van der Waals surface area contributed by atoms with Crippen LogP contribution < -0.4 is 10.1 Å². The summed E-state index contributed by atoms with van der Waals surface area (Å²) in [5.41, 5.74) is 2.82. The fourth-order valence-corrected chi connectivity index (χ4v) is 7.42. The van der Waals surface area contributed by atoms with Gasteiger partial charge in [0.05, 0.1) is 0 Å². The van der Waals surface area contributed by atoms with Crippen LogP contribution in [0.4, 0.5) is 0 Å². The molecule has 160 valence electrons. The number of nitrogens with one attached hydrogen (secondary N) is 1. The Morgan fingerprint density at radius 3 is 2.43 bits per heavy atom. The van der Waals surface area contributed by atoms with Crippen molar-refractivity contribution in [2.75, 3.05) is 0 Å². The Morgan fingerprint density at radius 2 is 1.77 bits per heavy atom. The molecule has 6 rings (SSSR count). The summed E-state index contributed by atoms with van der Waals surface area (Å²) in [7, 11) is 0. The molecule has 4 heteroatoms. The molecule has 0 spiro atoms. The predicted octanol–water partition coefficient (Wildman–Crippen LogP) is 7.38. The molecule has 4 fully saturated rings. The van der Waals surface area contributed by atoms with Gasteiger partial charge in [-0.3, -0.25) is 0 Å². The summed E-state index contributed by atoms with van der Waals surface area (Å²) in [6, 6.07) is 14.7. The molecule has 4 saturated carbocycles. The molecule has 1 unspecified atom stereocenters. The van der Waals surface area contributed by atoms with Gasteiger partial charge in [0, 0.05) is 27.6 Å². The molecule has 2 aromatic rings. The van der Waals surface area contributed by atoms with Gasteiger partial charge in [-0.2, -0.15) is 0 Å². The summed E-state index contributed by atoms with van der Waals surface area (Å²) >= 11 is 9.76. The van der Waals surface area contributed by atoms with Crippen molar-refractivity contribution in [2.45, 2.75) is 64.6 Å². The Labute approximate surface area is 193 Å². The molecule has 4 bridgehead atoms. The molecule has 0 saturated heterocycles. The van der Waals surface area contributed by atoms with Crippen molar-refractivity contribution in [3.05, 3.63) is 63.1 Å². The maximum Gasteiger partial charge on any atom is 0.124 e. The van der Waals surface area contributed by atoms with Gasteiger partial charge in [0.2, 0.25) is 0 Å². The molecule has 30 heavy (non-hydrogen) atoms. The van der Waals surface area contributed by atoms with Crippen LogP contribution in [0.2, 0.25) is 5.02 Å². The largest absolute Gasteiger partial charge is 0.489 e. The summed E-state index contributed by atoms with van der Waals surface area (Å²) in [6.45, 7) is 3.80. The summed E-state index contributed by atoms with van der Waals surface area (Å²) in [5, 5.41) is 4.66. The lowest BCUT2D eigenvalue weighted by Gasteiger charge is -2.59. The fraction of sp³-hybridized carbons (Fsp3) is 0.538. The first kappa shape index (κ1) is 20.8. The van der Waals surface area contributed by atoms with Crippen LogP contribution in [0.15, 0.2) is 46.9 Å². The first-order chi connectivity index (χ1) is 14.5. The van der Waals surface area contributed by atoms with E-state index in [4.69, 9.17) is 16.3 Å². The second kappa shape index (κ2) is 8.48.